The van der Waals surface area contributed by atoms with Crippen molar-refractivity contribution in [2.24, 2.45) is 11.8 Å². The molecule has 0 atom stereocenters. The zero-order valence-electron chi connectivity index (χ0n) is 18.2. The third-order valence-corrected chi connectivity index (χ3v) is 6.55. The van der Waals surface area contributed by atoms with Crippen LogP contribution in [0.25, 0.3) is 0 Å². The standard InChI is InChI=1S/C26H30FNO3/c1-26(2,30)21-11-8-18(9-12-21)14-15-28-16-20-10-13-22(24(27)23(20)25(28)29)31-17-19-6-4-3-5-7-19/h3-7,10,13-15,18,21,30H,8-9,11-12,16-17H2,1-2H3. The van der Waals surface area contributed by atoms with Crippen LogP contribution in [0, 0.1) is 17.7 Å². The number of allylic oxidation sites excluding steroid dienone is 1. The van der Waals surface area contributed by atoms with E-state index in [1.807, 2.05) is 44.2 Å². The van der Waals surface area contributed by atoms with E-state index < -0.39 is 11.4 Å². The molecule has 1 aliphatic heterocycles. The first-order valence-corrected chi connectivity index (χ1v) is 11.0. The third kappa shape index (κ3) is 4.82. The van der Waals surface area contributed by atoms with Crippen LogP contribution in [-0.2, 0) is 13.2 Å². The number of ether oxygens (including phenoxy) is 1. The predicted octanol–water partition coefficient (Wildman–Crippen LogP) is 5.45. The molecule has 1 amide bonds. The van der Waals surface area contributed by atoms with Gasteiger partial charge in [-0.1, -0.05) is 42.5 Å². The van der Waals surface area contributed by atoms with Gasteiger partial charge in [0.1, 0.15) is 6.61 Å². The van der Waals surface area contributed by atoms with E-state index in [9.17, 15) is 9.90 Å². The molecular formula is C26H30FNO3. The smallest absolute Gasteiger partial charge is 0.261 e. The summed E-state index contributed by atoms with van der Waals surface area (Å²) in [7, 11) is 0. The summed E-state index contributed by atoms with van der Waals surface area (Å²) >= 11 is 0. The van der Waals surface area contributed by atoms with Crippen LogP contribution in [0.4, 0.5) is 4.39 Å². The monoisotopic (exact) mass is 423 g/mol. The Kier molecular flexibility index (Phi) is 6.15. The minimum Gasteiger partial charge on any atom is -0.486 e. The molecule has 164 valence electrons. The summed E-state index contributed by atoms with van der Waals surface area (Å²) in [4.78, 5) is 14.4. The number of hydrogen-bond acceptors (Lipinski definition) is 3. The molecule has 31 heavy (non-hydrogen) atoms. The highest BCUT2D eigenvalue weighted by Gasteiger charge is 2.33. The molecule has 0 saturated heterocycles. The van der Waals surface area contributed by atoms with Gasteiger partial charge in [-0.05, 0) is 68.6 Å². The van der Waals surface area contributed by atoms with Crippen molar-refractivity contribution in [2.75, 3.05) is 0 Å². The quantitative estimate of drug-likeness (QED) is 0.672. The molecule has 1 N–H and O–H groups in total. The van der Waals surface area contributed by atoms with Crippen molar-refractivity contribution in [1.29, 1.82) is 0 Å². The second-order valence-electron chi connectivity index (χ2n) is 9.23. The van der Waals surface area contributed by atoms with E-state index in [1.165, 1.54) is 0 Å². The Hall–Kier alpha value is -2.66. The first kappa shape index (κ1) is 21.6. The number of rotatable bonds is 6. The van der Waals surface area contributed by atoms with E-state index in [0.717, 1.165) is 31.2 Å². The van der Waals surface area contributed by atoms with Gasteiger partial charge >= 0.3 is 0 Å². The van der Waals surface area contributed by atoms with E-state index in [0.29, 0.717) is 23.9 Å². The van der Waals surface area contributed by atoms with E-state index in [-0.39, 0.29) is 23.8 Å². The summed E-state index contributed by atoms with van der Waals surface area (Å²) in [5, 5.41) is 10.2. The molecule has 5 heteroatoms. The maximum absolute atomic E-state index is 15.0. The van der Waals surface area contributed by atoms with Gasteiger partial charge in [0.25, 0.3) is 5.91 Å². The Morgan fingerprint density at radius 1 is 1.13 bits per heavy atom. The maximum atomic E-state index is 15.0. The molecule has 0 radical (unpaired) electrons. The Bertz CT molecular complexity index is 957. The number of carbonyl (C=O) groups is 1. The van der Waals surface area contributed by atoms with Gasteiger partial charge in [-0.25, -0.2) is 4.39 Å². The normalized spacial score (nSPS) is 21.5. The molecule has 1 saturated carbocycles. The second-order valence-corrected chi connectivity index (χ2v) is 9.23. The molecule has 4 rings (SSSR count). The largest absolute Gasteiger partial charge is 0.486 e. The average Bonchev–Trinajstić information content (AvgIpc) is 3.08. The zero-order valence-corrected chi connectivity index (χ0v) is 18.2. The number of hydrogen-bond donors (Lipinski definition) is 1. The number of halogens is 1. The van der Waals surface area contributed by atoms with Crippen LogP contribution < -0.4 is 4.74 Å². The van der Waals surface area contributed by atoms with E-state index >= 15 is 4.39 Å². The Labute approximate surface area is 183 Å². The molecule has 0 unspecified atom stereocenters. The van der Waals surface area contributed by atoms with Gasteiger partial charge in [-0.2, -0.15) is 0 Å². The van der Waals surface area contributed by atoms with Crippen LogP contribution in [-0.4, -0.2) is 21.5 Å². The van der Waals surface area contributed by atoms with E-state index in [4.69, 9.17) is 4.74 Å². The zero-order chi connectivity index (χ0) is 22.0. The summed E-state index contributed by atoms with van der Waals surface area (Å²) in [5.74, 6) is -0.103. The predicted molar refractivity (Wildman–Crippen MR) is 118 cm³/mol. The van der Waals surface area contributed by atoms with Crippen LogP contribution >= 0.6 is 0 Å². The van der Waals surface area contributed by atoms with Crippen molar-refractivity contribution in [2.45, 2.75) is 58.3 Å². The number of fused-ring (bicyclic) bond motifs is 1. The highest BCUT2D eigenvalue weighted by Crippen LogP contribution is 2.36. The van der Waals surface area contributed by atoms with Crippen molar-refractivity contribution in [1.82, 2.24) is 4.90 Å². The number of carbonyl (C=O) groups excluding carboxylic acids is 1. The van der Waals surface area contributed by atoms with Crippen molar-refractivity contribution in [3.8, 4) is 5.75 Å². The van der Waals surface area contributed by atoms with Crippen LogP contribution in [0.2, 0.25) is 0 Å². The summed E-state index contributed by atoms with van der Waals surface area (Å²) in [6.45, 7) is 4.38. The van der Waals surface area contributed by atoms with Gasteiger partial charge in [0.2, 0.25) is 0 Å². The number of nitrogens with zero attached hydrogens (tertiary/aromatic N) is 1. The van der Waals surface area contributed by atoms with Gasteiger partial charge in [0.05, 0.1) is 17.7 Å². The Morgan fingerprint density at radius 2 is 1.84 bits per heavy atom. The summed E-state index contributed by atoms with van der Waals surface area (Å²) in [6, 6.07) is 12.9. The van der Waals surface area contributed by atoms with Gasteiger partial charge in [0.15, 0.2) is 11.6 Å². The first-order valence-electron chi connectivity index (χ1n) is 11.0. The van der Waals surface area contributed by atoms with Crippen LogP contribution in [0.3, 0.4) is 0 Å². The Balaban J connectivity index is 1.39. The molecule has 2 aliphatic rings. The fourth-order valence-electron chi connectivity index (χ4n) is 4.57. The van der Waals surface area contributed by atoms with Crippen molar-refractivity contribution in [3.05, 3.63) is 77.2 Å². The molecule has 1 fully saturated rings. The number of aliphatic hydroxyl groups is 1. The lowest BCUT2D eigenvalue weighted by Gasteiger charge is -2.35. The molecule has 1 heterocycles. The minimum atomic E-state index is -0.640. The molecule has 2 aromatic carbocycles. The molecule has 4 nitrogen and oxygen atoms in total. The second kappa shape index (κ2) is 8.83. The van der Waals surface area contributed by atoms with Crippen LogP contribution in [0.1, 0.15) is 61.0 Å². The number of benzene rings is 2. The van der Waals surface area contributed by atoms with Gasteiger partial charge in [0, 0.05) is 6.20 Å². The van der Waals surface area contributed by atoms with Crippen molar-refractivity contribution < 1.29 is 19.0 Å². The maximum Gasteiger partial charge on any atom is 0.261 e. The van der Waals surface area contributed by atoms with Gasteiger partial charge < -0.3 is 14.7 Å². The van der Waals surface area contributed by atoms with Crippen molar-refractivity contribution >= 4 is 5.91 Å². The van der Waals surface area contributed by atoms with E-state index in [1.54, 1.807) is 23.2 Å². The molecule has 0 spiro atoms. The summed E-state index contributed by atoms with van der Waals surface area (Å²) in [5.41, 5.74) is 1.10. The summed E-state index contributed by atoms with van der Waals surface area (Å²) in [6.07, 6.45) is 7.81. The van der Waals surface area contributed by atoms with Crippen molar-refractivity contribution in [3.63, 3.8) is 0 Å². The lowest BCUT2D eigenvalue weighted by Crippen LogP contribution is -2.33. The average molecular weight is 424 g/mol. The lowest BCUT2D eigenvalue weighted by atomic mass is 9.75. The minimum absolute atomic E-state index is 0.103. The molecule has 2 aromatic rings. The fraction of sp³-hybridized carbons (Fsp3) is 0.423. The fourth-order valence-corrected chi connectivity index (χ4v) is 4.57. The molecule has 0 aromatic heterocycles. The van der Waals surface area contributed by atoms with Gasteiger partial charge in [-0.15, -0.1) is 0 Å². The summed E-state index contributed by atoms with van der Waals surface area (Å²) < 4.78 is 20.7. The molecule has 0 bridgehead atoms. The first-order chi connectivity index (χ1) is 14.8. The van der Waals surface area contributed by atoms with E-state index in [2.05, 4.69) is 6.08 Å². The highest BCUT2D eigenvalue weighted by molar-refractivity contribution is 5.99. The highest BCUT2D eigenvalue weighted by atomic mass is 19.1. The molecule has 1 aliphatic carbocycles. The molecular weight excluding hydrogens is 393 g/mol. The Morgan fingerprint density at radius 3 is 2.52 bits per heavy atom. The number of amides is 1. The van der Waals surface area contributed by atoms with Gasteiger partial charge in [-0.3, -0.25) is 4.79 Å². The topological polar surface area (TPSA) is 49.8 Å². The van der Waals surface area contributed by atoms with Crippen LogP contribution in [0.15, 0.2) is 54.7 Å². The third-order valence-electron chi connectivity index (χ3n) is 6.55. The SMILES string of the molecule is CC(C)(O)C1CCC(C=CN2Cc3ccc(OCc4ccccc4)c(F)c3C2=O)CC1. The lowest BCUT2D eigenvalue weighted by molar-refractivity contribution is -0.00317. The van der Waals surface area contributed by atoms with Crippen LogP contribution in [0.5, 0.6) is 5.75 Å².